The predicted octanol–water partition coefficient (Wildman–Crippen LogP) is 4.11. The van der Waals surface area contributed by atoms with Crippen molar-refractivity contribution in [2.24, 2.45) is 0 Å². The Bertz CT molecular complexity index is 1360. The summed E-state index contributed by atoms with van der Waals surface area (Å²) in [5.41, 5.74) is 2.10. The average molecular weight is 447 g/mol. The average Bonchev–Trinajstić information content (AvgIpc) is 3.48. The van der Waals surface area contributed by atoms with Gasteiger partial charge in [0.25, 0.3) is 5.89 Å². The van der Waals surface area contributed by atoms with Crippen molar-refractivity contribution in [3.63, 3.8) is 0 Å². The molecular weight excluding hydrogens is 430 g/mol. The number of ether oxygens (including phenoxy) is 1. The van der Waals surface area contributed by atoms with Crippen molar-refractivity contribution in [2.75, 3.05) is 11.4 Å². The fourth-order valence-corrected chi connectivity index (χ4v) is 4.45. The van der Waals surface area contributed by atoms with Gasteiger partial charge in [0.1, 0.15) is 16.6 Å². The standard InChI is InChI=1S/C22H17N5O4S/c1-12-24-18(31-26-12)11-30-22(29)13-5-4-6-14(9-13)27-10-16(28)19(20(27)23)21-25-15-7-2-3-8-17(15)32-21/h2-9,23,28H,10-11H2,1H3. The van der Waals surface area contributed by atoms with Crippen LogP contribution >= 0.6 is 11.3 Å². The molecule has 0 unspecified atom stereocenters. The van der Waals surface area contributed by atoms with Gasteiger partial charge in [0.15, 0.2) is 12.4 Å². The Hall–Kier alpha value is -4.05. The molecule has 0 saturated carbocycles. The molecular formula is C22H17N5O4S. The van der Waals surface area contributed by atoms with Crippen LogP contribution in [0.4, 0.5) is 5.69 Å². The fraction of sp³-hybridized carbons (Fsp3) is 0.136. The lowest BCUT2D eigenvalue weighted by molar-refractivity contribution is 0.0430. The van der Waals surface area contributed by atoms with E-state index in [-0.39, 0.29) is 30.6 Å². The molecule has 0 saturated heterocycles. The van der Waals surface area contributed by atoms with Crippen LogP contribution < -0.4 is 4.90 Å². The highest BCUT2D eigenvalue weighted by atomic mass is 32.1. The number of carbonyl (C=O) groups excluding carboxylic acids is 1. The van der Waals surface area contributed by atoms with Crippen molar-refractivity contribution in [1.29, 1.82) is 5.41 Å². The van der Waals surface area contributed by atoms with E-state index < -0.39 is 5.97 Å². The molecule has 0 fully saturated rings. The smallest absolute Gasteiger partial charge is 0.338 e. The van der Waals surface area contributed by atoms with Gasteiger partial charge in [-0.1, -0.05) is 23.4 Å². The van der Waals surface area contributed by atoms with Crippen molar-refractivity contribution >= 4 is 44.6 Å². The largest absolute Gasteiger partial charge is 0.510 e. The number of nitrogens with one attached hydrogen (secondary N) is 1. The van der Waals surface area contributed by atoms with Crippen molar-refractivity contribution in [3.05, 3.63) is 76.6 Å². The molecule has 4 aromatic rings. The van der Waals surface area contributed by atoms with E-state index in [4.69, 9.17) is 14.7 Å². The number of carbonyl (C=O) groups is 1. The maximum absolute atomic E-state index is 12.5. The molecule has 10 heteroatoms. The first kappa shape index (κ1) is 19.9. The van der Waals surface area contributed by atoms with Crippen molar-refractivity contribution in [3.8, 4) is 0 Å². The third-order valence-electron chi connectivity index (χ3n) is 4.90. The normalized spacial score (nSPS) is 13.9. The highest BCUT2D eigenvalue weighted by molar-refractivity contribution is 7.19. The minimum Gasteiger partial charge on any atom is -0.510 e. The zero-order valence-corrected chi connectivity index (χ0v) is 17.7. The molecule has 2 aromatic heterocycles. The summed E-state index contributed by atoms with van der Waals surface area (Å²) in [4.78, 5) is 22.7. The van der Waals surface area contributed by atoms with Crippen LogP contribution in [0.5, 0.6) is 0 Å². The maximum atomic E-state index is 12.5. The third kappa shape index (κ3) is 3.60. The maximum Gasteiger partial charge on any atom is 0.338 e. The molecule has 1 aliphatic heterocycles. The second-order valence-electron chi connectivity index (χ2n) is 7.10. The Balaban J connectivity index is 1.35. The third-order valence-corrected chi connectivity index (χ3v) is 5.95. The Kier molecular flexibility index (Phi) is 4.91. The number of amidine groups is 1. The van der Waals surface area contributed by atoms with Gasteiger partial charge in [0, 0.05) is 5.69 Å². The lowest BCUT2D eigenvalue weighted by Gasteiger charge is -2.19. The molecule has 2 aromatic carbocycles. The molecule has 160 valence electrons. The fourth-order valence-electron chi connectivity index (χ4n) is 3.41. The van der Waals surface area contributed by atoms with E-state index >= 15 is 0 Å². The number of aliphatic hydroxyl groups is 1. The summed E-state index contributed by atoms with van der Waals surface area (Å²) in [6.45, 7) is 1.66. The highest BCUT2D eigenvalue weighted by Gasteiger charge is 2.31. The first-order valence-corrected chi connectivity index (χ1v) is 10.5. The minimum absolute atomic E-state index is 0.0637. The number of esters is 1. The van der Waals surface area contributed by atoms with Crippen LogP contribution in [0.1, 0.15) is 27.1 Å². The second kappa shape index (κ2) is 7.89. The number of anilines is 1. The number of fused-ring (bicyclic) bond motifs is 1. The molecule has 0 amide bonds. The highest BCUT2D eigenvalue weighted by Crippen LogP contribution is 2.35. The molecule has 9 nitrogen and oxygen atoms in total. The van der Waals surface area contributed by atoms with Crippen LogP contribution in [0, 0.1) is 12.3 Å². The first-order valence-electron chi connectivity index (χ1n) is 9.70. The van der Waals surface area contributed by atoms with E-state index in [9.17, 15) is 9.90 Å². The summed E-state index contributed by atoms with van der Waals surface area (Å²) in [5, 5.41) is 23.5. The van der Waals surface area contributed by atoms with Gasteiger partial charge in [-0.25, -0.2) is 9.78 Å². The summed E-state index contributed by atoms with van der Waals surface area (Å²) in [5.74, 6) is 0.295. The molecule has 1 aliphatic rings. The van der Waals surface area contributed by atoms with Gasteiger partial charge >= 0.3 is 5.97 Å². The summed E-state index contributed by atoms with van der Waals surface area (Å²) in [7, 11) is 0. The lowest BCUT2D eigenvalue weighted by atomic mass is 10.2. The van der Waals surface area contributed by atoms with E-state index in [1.54, 1.807) is 36.1 Å². The second-order valence-corrected chi connectivity index (χ2v) is 8.14. The predicted molar refractivity (Wildman–Crippen MR) is 119 cm³/mol. The monoisotopic (exact) mass is 447 g/mol. The van der Waals surface area contributed by atoms with Crippen LogP contribution in [0.25, 0.3) is 15.8 Å². The molecule has 0 radical (unpaired) electrons. The number of para-hydroxylation sites is 1. The van der Waals surface area contributed by atoms with E-state index in [0.717, 1.165) is 10.2 Å². The summed E-state index contributed by atoms with van der Waals surface area (Å²) < 4.78 is 11.2. The van der Waals surface area contributed by atoms with Gasteiger partial charge in [-0.2, -0.15) is 4.98 Å². The number of aromatic nitrogens is 3. The zero-order valence-electron chi connectivity index (χ0n) is 16.9. The Labute approximate surface area is 186 Å². The van der Waals surface area contributed by atoms with Crippen molar-refractivity contribution in [1.82, 2.24) is 15.1 Å². The van der Waals surface area contributed by atoms with Crippen molar-refractivity contribution in [2.45, 2.75) is 13.5 Å². The Morgan fingerprint density at radius 1 is 1.25 bits per heavy atom. The van der Waals surface area contributed by atoms with Crippen LogP contribution in [0.2, 0.25) is 0 Å². The molecule has 3 heterocycles. The van der Waals surface area contributed by atoms with E-state index in [2.05, 4.69) is 15.1 Å². The number of hydrogen-bond acceptors (Lipinski definition) is 9. The van der Waals surface area contributed by atoms with Gasteiger partial charge in [-0.05, 0) is 37.3 Å². The topological polar surface area (TPSA) is 125 Å². The van der Waals surface area contributed by atoms with Gasteiger partial charge in [-0.3, -0.25) is 5.41 Å². The van der Waals surface area contributed by atoms with Gasteiger partial charge < -0.3 is 19.3 Å². The SMILES string of the molecule is Cc1noc(COC(=O)c2cccc(N3CC(O)=C(c4nc5ccccc5s4)C3=N)c2)n1. The van der Waals surface area contributed by atoms with Crippen molar-refractivity contribution < 1.29 is 19.2 Å². The Morgan fingerprint density at radius 3 is 2.88 bits per heavy atom. The number of aliphatic hydroxyl groups excluding tert-OH is 1. The first-order chi connectivity index (χ1) is 15.5. The zero-order chi connectivity index (χ0) is 22.2. The molecule has 0 spiro atoms. The van der Waals surface area contributed by atoms with Crippen LogP contribution in [-0.2, 0) is 11.3 Å². The van der Waals surface area contributed by atoms with E-state index in [1.807, 2.05) is 24.3 Å². The number of thiazole rings is 1. The number of benzene rings is 2. The van der Waals surface area contributed by atoms with Crippen LogP contribution in [0.15, 0.2) is 58.8 Å². The van der Waals surface area contributed by atoms with Gasteiger partial charge in [-0.15, -0.1) is 11.3 Å². The number of aryl methyl sites for hydroxylation is 1. The lowest BCUT2D eigenvalue weighted by Crippen LogP contribution is -2.26. The van der Waals surface area contributed by atoms with Crippen LogP contribution in [0.3, 0.4) is 0 Å². The molecule has 5 rings (SSSR count). The number of rotatable bonds is 5. The van der Waals surface area contributed by atoms with Gasteiger partial charge in [0.05, 0.1) is 27.9 Å². The summed E-state index contributed by atoms with van der Waals surface area (Å²) in [6.07, 6.45) is 0. The Morgan fingerprint density at radius 2 is 2.09 bits per heavy atom. The quantitative estimate of drug-likeness (QED) is 0.438. The van der Waals surface area contributed by atoms with E-state index in [0.29, 0.717) is 27.7 Å². The molecule has 2 N–H and O–H groups in total. The minimum atomic E-state index is -0.558. The van der Waals surface area contributed by atoms with E-state index in [1.165, 1.54) is 11.3 Å². The van der Waals surface area contributed by atoms with Gasteiger partial charge in [0.2, 0.25) is 0 Å². The summed E-state index contributed by atoms with van der Waals surface area (Å²) in [6, 6.07) is 14.4. The molecule has 0 atom stereocenters. The molecule has 0 aliphatic carbocycles. The molecule has 32 heavy (non-hydrogen) atoms. The number of hydrogen-bond donors (Lipinski definition) is 2. The summed E-state index contributed by atoms with van der Waals surface area (Å²) >= 11 is 1.42. The molecule has 0 bridgehead atoms. The van der Waals surface area contributed by atoms with Crippen LogP contribution in [-0.4, -0.2) is 38.6 Å². The number of nitrogens with zero attached hydrogens (tertiary/aromatic N) is 4.